The third-order valence-electron chi connectivity index (χ3n) is 3.43. The molecule has 0 saturated carbocycles. The van der Waals surface area contributed by atoms with Crippen molar-refractivity contribution < 1.29 is 19.4 Å². The molecule has 0 saturated heterocycles. The van der Waals surface area contributed by atoms with E-state index in [2.05, 4.69) is 5.32 Å². The predicted octanol–water partition coefficient (Wildman–Crippen LogP) is 3.41. The molecule has 0 bridgehead atoms. The van der Waals surface area contributed by atoms with Crippen LogP contribution >= 0.6 is 11.3 Å². The van der Waals surface area contributed by atoms with Crippen LogP contribution in [0.1, 0.15) is 27.7 Å². The van der Waals surface area contributed by atoms with Crippen LogP contribution in [-0.2, 0) is 22.6 Å². The van der Waals surface area contributed by atoms with Gasteiger partial charge in [-0.15, -0.1) is 11.3 Å². The van der Waals surface area contributed by atoms with Crippen LogP contribution in [0.15, 0.2) is 35.7 Å². The molecule has 1 aromatic carbocycles. The van der Waals surface area contributed by atoms with Crippen molar-refractivity contribution in [3.63, 3.8) is 0 Å². The Morgan fingerprint density at radius 3 is 2.57 bits per heavy atom. The minimum atomic E-state index is -0.814. The molecule has 6 heteroatoms. The first-order valence-electron chi connectivity index (χ1n) is 7.19. The first-order chi connectivity index (χ1) is 11.0. The summed E-state index contributed by atoms with van der Waals surface area (Å²) in [4.78, 5) is 23.8. The standard InChI is InChI=1S/C17H19NO4S/c1-11(17(20)21)9-12-3-5-14(6-4-12)18-16(19)15-13(10-22-2)7-8-23-15/h3-8,11H,9-10H2,1-2H3,(H,18,19)(H,20,21). The van der Waals surface area contributed by atoms with E-state index >= 15 is 0 Å². The normalized spacial score (nSPS) is 11.9. The average Bonchev–Trinajstić information content (AvgIpc) is 2.98. The Morgan fingerprint density at radius 1 is 1.26 bits per heavy atom. The molecule has 23 heavy (non-hydrogen) atoms. The van der Waals surface area contributed by atoms with E-state index < -0.39 is 11.9 Å². The molecule has 5 nitrogen and oxygen atoms in total. The van der Waals surface area contributed by atoms with Gasteiger partial charge in [0.2, 0.25) is 0 Å². The number of aliphatic carboxylic acids is 1. The van der Waals surface area contributed by atoms with Gasteiger partial charge in [-0.25, -0.2) is 0 Å². The zero-order valence-electron chi connectivity index (χ0n) is 13.0. The first kappa shape index (κ1) is 17.2. The lowest BCUT2D eigenvalue weighted by Gasteiger charge is -2.09. The summed E-state index contributed by atoms with van der Waals surface area (Å²) in [7, 11) is 1.59. The van der Waals surface area contributed by atoms with Gasteiger partial charge in [-0.2, -0.15) is 0 Å². The summed E-state index contributed by atoms with van der Waals surface area (Å²) in [6.45, 7) is 2.07. The van der Waals surface area contributed by atoms with Crippen LogP contribution in [0, 0.1) is 5.92 Å². The molecular formula is C17H19NO4S. The van der Waals surface area contributed by atoms with Crippen molar-refractivity contribution in [1.82, 2.24) is 0 Å². The van der Waals surface area contributed by atoms with Crippen molar-refractivity contribution in [2.45, 2.75) is 20.0 Å². The molecule has 0 aliphatic heterocycles. The SMILES string of the molecule is COCc1ccsc1C(=O)Nc1ccc(CC(C)C(=O)O)cc1. The maximum Gasteiger partial charge on any atom is 0.306 e. The molecule has 1 atom stereocenters. The van der Waals surface area contributed by atoms with Gasteiger partial charge in [-0.3, -0.25) is 9.59 Å². The highest BCUT2D eigenvalue weighted by molar-refractivity contribution is 7.12. The van der Waals surface area contributed by atoms with Crippen LogP contribution in [0.5, 0.6) is 0 Å². The fourth-order valence-corrected chi connectivity index (χ4v) is 2.96. The molecule has 1 heterocycles. The number of thiophene rings is 1. The second-order valence-electron chi connectivity index (χ2n) is 5.30. The lowest BCUT2D eigenvalue weighted by molar-refractivity contribution is -0.141. The summed E-state index contributed by atoms with van der Waals surface area (Å²) < 4.78 is 5.08. The molecule has 0 radical (unpaired) electrons. The largest absolute Gasteiger partial charge is 0.481 e. The smallest absolute Gasteiger partial charge is 0.306 e. The number of carbonyl (C=O) groups is 2. The van der Waals surface area contributed by atoms with Crippen LogP contribution in [0.3, 0.4) is 0 Å². The van der Waals surface area contributed by atoms with Gasteiger partial charge in [-0.05, 0) is 35.6 Å². The Hall–Kier alpha value is -2.18. The van der Waals surface area contributed by atoms with Crippen molar-refractivity contribution in [3.8, 4) is 0 Å². The number of carboxylic acid groups (broad SMARTS) is 1. The Morgan fingerprint density at radius 2 is 1.96 bits per heavy atom. The van der Waals surface area contributed by atoms with E-state index in [4.69, 9.17) is 9.84 Å². The number of carboxylic acids is 1. The molecule has 0 aliphatic rings. The predicted molar refractivity (Wildman–Crippen MR) is 89.9 cm³/mol. The molecule has 2 aromatic rings. The van der Waals surface area contributed by atoms with E-state index in [-0.39, 0.29) is 5.91 Å². The Kier molecular flexibility index (Phi) is 5.90. The van der Waals surface area contributed by atoms with E-state index in [1.807, 2.05) is 23.6 Å². The zero-order chi connectivity index (χ0) is 16.8. The number of carbonyl (C=O) groups excluding carboxylic acids is 1. The first-order valence-corrected chi connectivity index (χ1v) is 8.07. The zero-order valence-corrected chi connectivity index (χ0v) is 13.9. The minimum Gasteiger partial charge on any atom is -0.481 e. The summed E-state index contributed by atoms with van der Waals surface area (Å²) >= 11 is 1.37. The molecular weight excluding hydrogens is 314 g/mol. The Bertz CT molecular complexity index is 678. The number of ether oxygens (including phenoxy) is 1. The number of hydrogen-bond acceptors (Lipinski definition) is 4. The quantitative estimate of drug-likeness (QED) is 0.814. The highest BCUT2D eigenvalue weighted by Crippen LogP contribution is 2.20. The third kappa shape index (κ3) is 4.64. The molecule has 0 aliphatic carbocycles. The molecule has 122 valence electrons. The molecule has 0 spiro atoms. The number of hydrogen-bond donors (Lipinski definition) is 2. The highest BCUT2D eigenvalue weighted by Gasteiger charge is 2.14. The minimum absolute atomic E-state index is 0.168. The van der Waals surface area contributed by atoms with Gasteiger partial charge < -0.3 is 15.2 Å². The van der Waals surface area contributed by atoms with Crippen LogP contribution < -0.4 is 5.32 Å². The van der Waals surface area contributed by atoms with Crippen LogP contribution in [0.2, 0.25) is 0 Å². The van der Waals surface area contributed by atoms with Crippen LogP contribution in [-0.4, -0.2) is 24.1 Å². The van der Waals surface area contributed by atoms with Gasteiger partial charge in [0, 0.05) is 18.4 Å². The van der Waals surface area contributed by atoms with Crippen molar-refractivity contribution in [2.24, 2.45) is 5.92 Å². The number of rotatable bonds is 7. The molecule has 1 aromatic heterocycles. The van der Waals surface area contributed by atoms with Gasteiger partial charge in [0.25, 0.3) is 5.91 Å². The second-order valence-corrected chi connectivity index (χ2v) is 6.22. The van der Waals surface area contributed by atoms with Crippen molar-refractivity contribution in [2.75, 3.05) is 12.4 Å². The van der Waals surface area contributed by atoms with E-state index in [1.165, 1.54) is 11.3 Å². The van der Waals surface area contributed by atoms with Crippen molar-refractivity contribution in [3.05, 3.63) is 51.7 Å². The summed E-state index contributed by atoms with van der Waals surface area (Å²) in [5.74, 6) is -1.41. The Balaban J connectivity index is 2.01. The number of nitrogens with one attached hydrogen (secondary N) is 1. The summed E-state index contributed by atoms with van der Waals surface area (Å²) in [5, 5.41) is 13.6. The highest BCUT2D eigenvalue weighted by atomic mass is 32.1. The molecule has 1 amide bonds. The molecule has 1 unspecified atom stereocenters. The van der Waals surface area contributed by atoms with Crippen LogP contribution in [0.25, 0.3) is 0 Å². The van der Waals surface area contributed by atoms with Gasteiger partial charge in [0.15, 0.2) is 0 Å². The number of anilines is 1. The fraction of sp³-hybridized carbons (Fsp3) is 0.294. The monoisotopic (exact) mass is 333 g/mol. The fourth-order valence-electron chi connectivity index (χ4n) is 2.16. The lowest BCUT2D eigenvalue weighted by atomic mass is 10.0. The number of amides is 1. The summed E-state index contributed by atoms with van der Waals surface area (Å²) in [6.07, 6.45) is 0.465. The van der Waals surface area contributed by atoms with Gasteiger partial charge in [-0.1, -0.05) is 19.1 Å². The van der Waals surface area contributed by atoms with E-state index in [1.54, 1.807) is 26.2 Å². The van der Waals surface area contributed by atoms with Gasteiger partial charge in [0.1, 0.15) is 0 Å². The van der Waals surface area contributed by atoms with Crippen molar-refractivity contribution in [1.29, 1.82) is 0 Å². The molecule has 2 rings (SSSR count). The molecule has 2 N–H and O–H groups in total. The average molecular weight is 333 g/mol. The topological polar surface area (TPSA) is 75.6 Å². The van der Waals surface area contributed by atoms with Crippen LogP contribution in [0.4, 0.5) is 5.69 Å². The molecule has 0 fully saturated rings. The van der Waals surface area contributed by atoms with E-state index in [0.717, 1.165) is 11.1 Å². The summed E-state index contributed by atoms with van der Waals surface area (Å²) in [5.41, 5.74) is 2.47. The summed E-state index contributed by atoms with van der Waals surface area (Å²) in [6, 6.07) is 9.11. The van der Waals surface area contributed by atoms with Crippen molar-refractivity contribution >= 4 is 28.9 Å². The van der Waals surface area contributed by atoms with Gasteiger partial charge >= 0.3 is 5.97 Å². The number of benzene rings is 1. The van der Waals surface area contributed by atoms with E-state index in [9.17, 15) is 9.59 Å². The maximum absolute atomic E-state index is 12.3. The lowest BCUT2D eigenvalue weighted by Crippen LogP contribution is -2.13. The number of methoxy groups -OCH3 is 1. The second kappa shape index (κ2) is 7.89. The van der Waals surface area contributed by atoms with E-state index in [0.29, 0.717) is 23.6 Å². The Labute approximate surface area is 138 Å². The third-order valence-corrected chi connectivity index (χ3v) is 4.38. The van der Waals surface area contributed by atoms with Gasteiger partial charge in [0.05, 0.1) is 17.4 Å². The maximum atomic E-state index is 12.3.